The third kappa shape index (κ3) is 24.4. The Hall–Kier alpha value is -9.77. The van der Waals surface area contributed by atoms with Crippen molar-refractivity contribution in [3.05, 3.63) is 408 Å². The molecule has 0 saturated carbocycles. The quantitative estimate of drug-likeness (QED) is 0.0327. The van der Waals surface area contributed by atoms with Crippen LogP contribution in [0, 0.1) is 0 Å². The number of ether oxygens (including phenoxy) is 19. The van der Waals surface area contributed by atoms with Crippen LogP contribution in [0.3, 0.4) is 0 Å². The topological polar surface area (TPSA) is 194 Å². The number of rotatable bonds is 45. The van der Waals surface area contributed by atoms with E-state index in [1.54, 1.807) is 0 Å². The van der Waals surface area contributed by atoms with E-state index >= 15 is 0 Å². The fraction of sp³-hybridized carbons (Fsp3) is 0.379. The van der Waals surface area contributed by atoms with Crippen LogP contribution >= 0.6 is 0 Å². The highest BCUT2D eigenvalue weighted by Gasteiger charge is 2.61. The van der Waals surface area contributed by atoms with Crippen molar-refractivity contribution in [1.82, 2.24) is 0 Å². The van der Waals surface area contributed by atoms with Crippen molar-refractivity contribution in [2.75, 3.05) is 33.0 Å². The molecule has 0 amide bonds. The summed E-state index contributed by atoms with van der Waals surface area (Å²) in [5.41, 5.74) is 7.47. The molecule has 12 aromatic carbocycles. The first-order valence-electron chi connectivity index (χ1n) is 48.8. The smallest absolute Gasteiger partial charge is 0.261 e. The van der Waals surface area contributed by atoms with Crippen molar-refractivity contribution in [1.29, 1.82) is 0 Å². The third-order valence-electron chi connectivity index (χ3n) is 26.8. The molecule has 12 aromatic rings. The van der Waals surface area contributed by atoms with E-state index in [1.807, 2.05) is 257 Å². The summed E-state index contributed by atoms with van der Waals surface area (Å²) in [6, 6.07) is 123. The number of fused-ring (bicyclic) bond motifs is 1. The number of benzene rings is 12. The standard InChI is InChI=1S/C116H130O21Si2/c1-114(2,3)138(90-61-37-17-38-62-90,91-63-39-18-40-64-91)128-80-97-100(118-70-83-47-23-10-24-48-83)105(122-74-87-55-31-14-32-56-87)110(132-97)127-79-96-103(135-112-106(123-75-88-57-33-15-34-58-88)101(119-71-84-49-25-11-26-50-84)98(133-112)81-129-139(115(4,5)6,92-65-41-19-42-66-92)93-67-43-20-44-68-93)107(124-76-89-59-35-16-36-60-89)111(131-96)126-77-94-99(117-69-82-45-21-9-22-46-82)104(121-73-86-53-29-13-30-54-86)109(130-94)125-78-95-102(120-72-85-51-27-12-28-52-85)108-113(134-95)137-116(7,8)136-108/h9-68,94-113H,69-81H2,1-8H3/t94-,95-,96-,97-,98-,99-,100-,101-,102-,103-,104+,105+,106+,107+,108+,109+,110-,111+,112+,113+/m1/s1. The molecule has 23 heteroatoms. The first-order chi connectivity index (χ1) is 67.9. The first-order valence-corrected chi connectivity index (χ1v) is 52.6. The lowest BCUT2D eigenvalue weighted by molar-refractivity contribution is -0.245. The van der Waals surface area contributed by atoms with Crippen LogP contribution in [0.15, 0.2) is 364 Å². The van der Waals surface area contributed by atoms with Gasteiger partial charge in [0.05, 0.1) is 85.9 Å². The van der Waals surface area contributed by atoms with Crippen molar-refractivity contribution in [3.8, 4) is 0 Å². The van der Waals surface area contributed by atoms with Crippen LogP contribution in [-0.4, -0.2) is 178 Å². The number of hydrogen-bond donors (Lipinski definition) is 0. The predicted octanol–water partition coefficient (Wildman–Crippen LogP) is 18.0. The molecule has 0 N–H and O–H groups in total. The number of hydrogen-bond acceptors (Lipinski definition) is 21. The van der Waals surface area contributed by atoms with Gasteiger partial charge in [-0.25, -0.2) is 0 Å². The van der Waals surface area contributed by atoms with Gasteiger partial charge in [0.1, 0.15) is 91.6 Å². The highest BCUT2D eigenvalue weighted by molar-refractivity contribution is 7.00. The molecule has 6 saturated heterocycles. The molecule has 18 rings (SSSR count). The van der Waals surface area contributed by atoms with Crippen molar-refractivity contribution in [2.45, 2.75) is 247 Å². The molecule has 0 bridgehead atoms. The van der Waals surface area contributed by atoms with Crippen LogP contribution in [0.4, 0.5) is 0 Å². The Kier molecular flexibility index (Phi) is 33.6. The molecule has 0 unspecified atom stereocenters. The van der Waals surface area contributed by atoms with Gasteiger partial charge in [0, 0.05) is 0 Å². The summed E-state index contributed by atoms with van der Waals surface area (Å²) in [5.74, 6) is -0.929. The summed E-state index contributed by atoms with van der Waals surface area (Å²) in [4.78, 5) is 0. The molecule has 0 spiro atoms. The fourth-order valence-corrected chi connectivity index (χ4v) is 29.1. The van der Waals surface area contributed by atoms with E-state index in [0.717, 1.165) is 65.3 Å². The molecule has 6 aliphatic rings. The summed E-state index contributed by atoms with van der Waals surface area (Å²) in [7, 11) is -6.55. The lowest BCUT2D eigenvalue weighted by atomic mass is 10.1. The zero-order chi connectivity index (χ0) is 95.4. The van der Waals surface area contributed by atoms with E-state index in [2.05, 4.69) is 163 Å². The van der Waals surface area contributed by atoms with Crippen LogP contribution < -0.4 is 20.7 Å². The minimum atomic E-state index is -3.30. The van der Waals surface area contributed by atoms with Crippen molar-refractivity contribution < 1.29 is 98.9 Å². The highest BCUT2D eigenvalue weighted by Crippen LogP contribution is 2.45. The van der Waals surface area contributed by atoms with Crippen LogP contribution in [0.1, 0.15) is 99.9 Å². The SMILES string of the molecule is CC1(C)O[C@@H]2O[C@H](CO[C@H]3O[C@H](CO[C@H]4O[C@H](CO[C@@H]5O[C@H](CO[Si](c6ccccc6)(c6ccccc6)C(C)(C)C)[C@@H](OCc6ccccc6)[C@@H]5OCc5ccccc5)[C@@H](O[C@@H]5O[C@H](CO[Si](c6ccccc6)(c6ccccc6)C(C)(C)C)[C@@H](OCc6ccccc6)[C@@H]5OCc5ccccc5)[C@@H]4OCc4ccccc4)[C@@H](OCc4ccccc4)[C@@H]3OCc3ccccc3)[C@@H](OCc3ccccc3)[C@@H]2O1. The molecule has 6 heterocycles. The van der Waals surface area contributed by atoms with Gasteiger partial charge in [-0.3, -0.25) is 0 Å². The van der Waals surface area contributed by atoms with Crippen LogP contribution in [-0.2, 0) is 152 Å². The minimum Gasteiger partial charge on any atom is -0.405 e. The van der Waals surface area contributed by atoms with E-state index < -0.39 is 156 Å². The monoisotopic (exact) mass is 1910 g/mol. The van der Waals surface area contributed by atoms with Crippen molar-refractivity contribution in [2.24, 2.45) is 0 Å². The van der Waals surface area contributed by atoms with Crippen LogP contribution in [0.25, 0.3) is 0 Å². The molecular weight excluding hydrogens is 1790 g/mol. The maximum Gasteiger partial charge on any atom is 0.261 e. The molecule has 139 heavy (non-hydrogen) atoms. The van der Waals surface area contributed by atoms with Crippen molar-refractivity contribution in [3.63, 3.8) is 0 Å². The highest BCUT2D eigenvalue weighted by atomic mass is 28.4. The summed E-state index contributed by atoms with van der Waals surface area (Å²) < 4.78 is 154. The van der Waals surface area contributed by atoms with Gasteiger partial charge in [-0.2, -0.15) is 0 Å². The molecule has 20 atom stereocenters. The second-order valence-corrected chi connectivity index (χ2v) is 47.6. The summed E-state index contributed by atoms with van der Waals surface area (Å²) >= 11 is 0. The van der Waals surface area contributed by atoms with E-state index in [9.17, 15) is 0 Å². The Balaban J connectivity index is 0.734. The van der Waals surface area contributed by atoms with Gasteiger partial charge in [-0.1, -0.05) is 406 Å². The van der Waals surface area contributed by atoms with Gasteiger partial charge in [0.25, 0.3) is 16.6 Å². The van der Waals surface area contributed by atoms with Crippen molar-refractivity contribution >= 4 is 37.4 Å². The first kappa shape index (κ1) is 99.4. The second kappa shape index (κ2) is 47.0. The van der Waals surface area contributed by atoms with E-state index in [4.69, 9.17) is 98.9 Å². The minimum absolute atomic E-state index is 0.0164. The zero-order valence-electron chi connectivity index (χ0n) is 80.5. The van der Waals surface area contributed by atoms with Gasteiger partial charge in [0.15, 0.2) is 37.2 Å². The fourth-order valence-electron chi connectivity index (χ4n) is 20.0. The Bertz CT molecular complexity index is 5550. The third-order valence-corrected chi connectivity index (χ3v) is 36.8. The molecule has 6 aliphatic heterocycles. The summed E-state index contributed by atoms with van der Waals surface area (Å²) in [6.45, 7) is 18.6. The maximum atomic E-state index is 8.00. The molecule has 0 radical (unpaired) electrons. The van der Waals surface area contributed by atoms with Gasteiger partial charge in [0.2, 0.25) is 0 Å². The molecule has 0 aliphatic carbocycles. The molecule has 21 nitrogen and oxygen atoms in total. The normalized spacial score (nSPS) is 26.3. The Labute approximate surface area is 819 Å². The molecule has 0 aromatic heterocycles. The lowest BCUT2D eigenvalue weighted by Crippen LogP contribution is -2.67. The summed E-state index contributed by atoms with van der Waals surface area (Å²) in [6.07, 6.45) is -18.3. The molecular formula is C116H130O21Si2. The lowest BCUT2D eigenvalue weighted by Gasteiger charge is -2.43. The predicted molar refractivity (Wildman–Crippen MR) is 533 cm³/mol. The molecule has 728 valence electrons. The van der Waals surface area contributed by atoms with E-state index in [-0.39, 0.29) is 85.9 Å². The average Bonchev–Trinajstić information content (AvgIpc) is 1.74. The molecule has 6 fully saturated rings. The van der Waals surface area contributed by atoms with Gasteiger partial charge < -0.3 is 98.9 Å². The maximum absolute atomic E-state index is 8.00. The van der Waals surface area contributed by atoms with Crippen LogP contribution in [0.2, 0.25) is 10.1 Å². The average molecular weight is 1920 g/mol. The second-order valence-electron chi connectivity index (χ2n) is 39.0. The Morgan fingerprint density at radius 2 is 0.432 bits per heavy atom. The Morgan fingerprint density at radius 1 is 0.223 bits per heavy atom. The Morgan fingerprint density at radius 3 is 0.698 bits per heavy atom. The van der Waals surface area contributed by atoms with Gasteiger partial charge >= 0.3 is 0 Å². The zero-order valence-corrected chi connectivity index (χ0v) is 82.5. The van der Waals surface area contributed by atoms with Crippen LogP contribution in [0.5, 0.6) is 0 Å². The van der Waals surface area contributed by atoms with E-state index in [1.165, 1.54) is 0 Å². The summed E-state index contributed by atoms with van der Waals surface area (Å²) in [5, 5.41) is 3.60. The largest absolute Gasteiger partial charge is 0.405 e. The van der Waals surface area contributed by atoms with Gasteiger partial charge in [-0.05, 0) is 89.2 Å². The van der Waals surface area contributed by atoms with E-state index in [0.29, 0.717) is 0 Å². The van der Waals surface area contributed by atoms with Gasteiger partial charge in [-0.15, -0.1) is 0 Å².